The monoisotopic (exact) mass is 222 g/mol. The van der Waals surface area contributed by atoms with Crippen molar-refractivity contribution in [2.24, 2.45) is 0 Å². The lowest BCUT2D eigenvalue weighted by Gasteiger charge is -2.06. The zero-order chi connectivity index (χ0) is 12.1. The van der Waals surface area contributed by atoms with Gasteiger partial charge >= 0.3 is 6.18 Å². The quantitative estimate of drug-likeness (QED) is 0.521. The summed E-state index contributed by atoms with van der Waals surface area (Å²) in [4.78, 5) is 0. The number of hydrogen-bond acceptors (Lipinski definition) is 0. The van der Waals surface area contributed by atoms with Crippen LogP contribution in [-0.4, -0.2) is 6.18 Å². The van der Waals surface area contributed by atoms with Crippen LogP contribution < -0.4 is 0 Å². The van der Waals surface area contributed by atoms with E-state index in [1.165, 1.54) is 6.08 Å². The summed E-state index contributed by atoms with van der Waals surface area (Å²) in [6.07, 6.45) is -1.25. The van der Waals surface area contributed by atoms with Gasteiger partial charge in [-0.2, -0.15) is 13.2 Å². The zero-order valence-corrected chi connectivity index (χ0v) is 8.95. The van der Waals surface area contributed by atoms with Crippen LogP contribution in [0.4, 0.5) is 17.6 Å². The number of rotatable bonds is 0. The Balaban J connectivity index is 0.000000921. The minimum absolute atomic E-state index is 0.354. The van der Waals surface area contributed by atoms with Crippen molar-refractivity contribution in [3.05, 3.63) is 35.2 Å². The molecule has 0 bridgehead atoms. The molecule has 0 amide bonds. The standard InChI is InChI=1S/C9H8F4.C2H6/c1-6-3-2-4-7(8(10)5-6)9(11,12)13;1-2/h2,4-5H,3H2,1H3;1-2H3. The fraction of sp³-hybridized carbons (Fsp3) is 0.455. The van der Waals surface area contributed by atoms with Crippen LogP contribution in [0.1, 0.15) is 27.2 Å². The highest BCUT2D eigenvalue weighted by Crippen LogP contribution is 2.32. The summed E-state index contributed by atoms with van der Waals surface area (Å²) in [5, 5.41) is 0. The maximum absolute atomic E-state index is 12.9. The fourth-order valence-corrected chi connectivity index (χ4v) is 1.03. The van der Waals surface area contributed by atoms with Crippen LogP contribution in [0.5, 0.6) is 0 Å². The Hall–Kier alpha value is -1.06. The molecule has 1 rings (SSSR count). The molecule has 0 aliphatic heterocycles. The molecule has 0 saturated carbocycles. The van der Waals surface area contributed by atoms with E-state index in [1.807, 2.05) is 13.8 Å². The van der Waals surface area contributed by atoms with Crippen LogP contribution in [0.25, 0.3) is 0 Å². The van der Waals surface area contributed by atoms with Gasteiger partial charge < -0.3 is 0 Å². The first-order valence-corrected chi connectivity index (χ1v) is 4.72. The lowest BCUT2D eigenvalue weighted by atomic mass is 10.2. The highest BCUT2D eigenvalue weighted by atomic mass is 19.4. The Labute approximate surface area is 87.0 Å². The fourth-order valence-electron chi connectivity index (χ4n) is 1.03. The second-order valence-corrected chi connectivity index (χ2v) is 2.86. The minimum Gasteiger partial charge on any atom is -0.206 e. The van der Waals surface area contributed by atoms with Gasteiger partial charge in [-0.05, 0) is 19.4 Å². The molecule has 1 aliphatic carbocycles. The van der Waals surface area contributed by atoms with E-state index in [4.69, 9.17) is 0 Å². The largest absolute Gasteiger partial charge is 0.419 e. The van der Waals surface area contributed by atoms with Crippen molar-refractivity contribution in [1.29, 1.82) is 0 Å². The summed E-state index contributed by atoms with van der Waals surface area (Å²) in [6, 6.07) is 0. The normalized spacial score (nSPS) is 16.6. The van der Waals surface area contributed by atoms with E-state index >= 15 is 0 Å². The van der Waals surface area contributed by atoms with Gasteiger partial charge in [-0.1, -0.05) is 31.6 Å². The maximum Gasteiger partial charge on any atom is 0.419 e. The van der Waals surface area contributed by atoms with E-state index in [2.05, 4.69) is 0 Å². The Bertz CT molecular complexity index is 292. The van der Waals surface area contributed by atoms with Crippen molar-refractivity contribution in [3.8, 4) is 0 Å². The molecule has 0 aromatic carbocycles. The first kappa shape index (κ1) is 13.9. The first-order chi connectivity index (χ1) is 6.91. The number of halogens is 4. The van der Waals surface area contributed by atoms with Gasteiger partial charge in [-0.3, -0.25) is 0 Å². The molecule has 1 aliphatic rings. The number of alkyl halides is 3. The van der Waals surface area contributed by atoms with Crippen LogP contribution in [0.15, 0.2) is 35.2 Å². The molecule has 0 saturated heterocycles. The van der Waals surface area contributed by atoms with Gasteiger partial charge in [0, 0.05) is 0 Å². The molecule has 0 radical (unpaired) electrons. The van der Waals surface area contributed by atoms with Crippen LogP contribution in [0.2, 0.25) is 0 Å². The van der Waals surface area contributed by atoms with Crippen molar-refractivity contribution in [1.82, 2.24) is 0 Å². The second-order valence-electron chi connectivity index (χ2n) is 2.86. The molecule has 0 aromatic rings. The molecule has 0 N–H and O–H groups in total. The van der Waals surface area contributed by atoms with Gasteiger partial charge in [0.1, 0.15) is 5.83 Å². The van der Waals surface area contributed by atoms with Crippen LogP contribution in [-0.2, 0) is 0 Å². The van der Waals surface area contributed by atoms with Crippen molar-refractivity contribution < 1.29 is 17.6 Å². The Morgan fingerprint density at radius 1 is 1.20 bits per heavy atom. The van der Waals surface area contributed by atoms with Gasteiger partial charge in [-0.15, -0.1) is 0 Å². The number of allylic oxidation sites excluding steroid dienone is 6. The van der Waals surface area contributed by atoms with E-state index in [-0.39, 0.29) is 0 Å². The van der Waals surface area contributed by atoms with Crippen molar-refractivity contribution >= 4 is 0 Å². The average molecular weight is 222 g/mol. The lowest BCUT2D eigenvalue weighted by molar-refractivity contribution is -0.0897. The summed E-state index contributed by atoms with van der Waals surface area (Å²) < 4.78 is 49.2. The van der Waals surface area contributed by atoms with E-state index < -0.39 is 17.6 Å². The summed E-state index contributed by atoms with van der Waals surface area (Å²) in [5.74, 6) is -1.21. The molecule has 0 aromatic heterocycles. The van der Waals surface area contributed by atoms with E-state index in [0.29, 0.717) is 12.0 Å². The summed E-state index contributed by atoms with van der Waals surface area (Å²) in [5.41, 5.74) is -0.627. The molecule has 86 valence electrons. The highest BCUT2D eigenvalue weighted by Gasteiger charge is 2.35. The number of hydrogen-bond donors (Lipinski definition) is 0. The Kier molecular flexibility index (Phi) is 5.33. The summed E-state index contributed by atoms with van der Waals surface area (Å²) in [7, 11) is 0. The van der Waals surface area contributed by atoms with Crippen molar-refractivity contribution in [2.45, 2.75) is 33.4 Å². The Morgan fingerprint density at radius 3 is 2.20 bits per heavy atom. The Morgan fingerprint density at radius 2 is 1.73 bits per heavy atom. The van der Waals surface area contributed by atoms with E-state index in [0.717, 1.165) is 12.2 Å². The summed E-state index contributed by atoms with van der Waals surface area (Å²) in [6.45, 7) is 5.59. The molecule has 4 heteroatoms. The summed E-state index contributed by atoms with van der Waals surface area (Å²) >= 11 is 0. The van der Waals surface area contributed by atoms with Gasteiger partial charge in [-0.25, -0.2) is 4.39 Å². The minimum atomic E-state index is -4.61. The SMILES string of the molecule is CC.CC1=CC(F)=C(C(F)(F)F)C=CC1. The third kappa shape index (κ3) is 4.32. The molecular formula is C11H14F4. The molecule has 15 heavy (non-hydrogen) atoms. The van der Waals surface area contributed by atoms with Gasteiger partial charge in [0.15, 0.2) is 0 Å². The zero-order valence-electron chi connectivity index (χ0n) is 8.95. The lowest BCUT2D eigenvalue weighted by Crippen LogP contribution is -2.10. The molecule has 0 heterocycles. The molecular weight excluding hydrogens is 208 g/mol. The van der Waals surface area contributed by atoms with Gasteiger partial charge in [0.05, 0.1) is 5.57 Å². The predicted molar refractivity (Wildman–Crippen MR) is 53.1 cm³/mol. The first-order valence-electron chi connectivity index (χ1n) is 4.72. The molecule has 0 atom stereocenters. The molecule has 0 spiro atoms. The van der Waals surface area contributed by atoms with E-state index in [9.17, 15) is 17.6 Å². The maximum atomic E-state index is 12.9. The topological polar surface area (TPSA) is 0 Å². The molecule has 0 nitrogen and oxygen atoms in total. The van der Waals surface area contributed by atoms with Crippen LogP contribution in [0, 0.1) is 0 Å². The molecule has 0 unspecified atom stereocenters. The van der Waals surface area contributed by atoms with E-state index in [1.54, 1.807) is 6.92 Å². The van der Waals surface area contributed by atoms with Crippen molar-refractivity contribution in [2.75, 3.05) is 0 Å². The van der Waals surface area contributed by atoms with Gasteiger partial charge in [0.2, 0.25) is 0 Å². The molecule has 0 fully saturated rings. The van der Waals surface area contributed by atoms with Crippen LogP contribution >= 0.6 is 0 Å². The van der Waals surface area contributed by atoms with Crippen LogP contribution in [0.3, 0.4) is 0 Å². The smallest absolute Gasteiger partial charge is 0.206 e. The second kappa shape index (κ2) is 5.73. The van der Waals surface area contributed by atoms with Gasteiger partial charge in [0.25, 0.3) is 0 Å². The third-order valence-corrected chi connectivity index (χ3v) is 1.66. The van der Waals surface area contributed by atoms with Crippen molar-refractivity contribution in [3.63, 3.8) is 0 Å². The average Bonchev–Trinajstić information content (AvgIpc) is 2.28. The highest BCUT2D eigenvalue weighted by molar-refractivity contribution is 5.37. The third-order valence-electron chi connectivity index (χ3n) is 1.66. The predicted octanol–water partition coefficient (Wildman–Crippen LogP) is 4.70.